The number of hydrogen-bond donors (Lipinski definition) is 1. The average Bonchev–Trinajstić information content (AvgIpc) is 2.18. The van der Waals surface area contributed by atoms with E-state index in [9.17, 15) is 5.11 Å². The zero-order chi connectivity index (χ0) is 13.1. The third-order valence-corrected chi connectivity index (χ3v) is 2.85. The molecule has 0 atom stereocenters. The standard InChI is InChI=1S/C13H18Cl2O2/c1-13(2,3)4-5-17-12-9(8-16)6-10(14)7-11(12)15/h6-7,16H,4-5,8H2,1-3H3. The smallest absolute Gasteiger partial charge is 0.143 e. The van der Waals surface area contributed by atoms with E-state index < -0.39 is 0 Å². The van der Waals surface area contributed by atoms with Crippen LogP contribution in [-0.2, 0) is 6.61 Å². The fraction of sp³-hybridized carbons (Fsp3) is 0.538. The van der Waals surface area contributed by atoms with Crippen LogP contribution in [0.3, 0.4) is 0 Å². The minimum absolute atomic E-state index is 0.134. The summed E-state index contributed by atoms with van der Waals surface area (Å²) >= 11 is 11.9. The molecule has 4 heteroatoms. The molecule has 1 N–H and O–H groups in total. The van der Waals surface area contributed by atoms with Crippen molar-refractivity contribution in [2.45, 2.75) is 33.8 Å². The summed E-state index contributed by atoms with van der Waals surface area (Å²) < 4.78 is 5.64. The summed E-state index contributed by atoms with van der Waals surface area (Å²) in [6.07, 6.45) is 0.914. The average molecular weight is 277 g/mol. The van der Waals surface area contributed by atoms with Crippen LogP contribution in [0.5, 0.6) is 5.75 Å². The van der Waals surface area contributed by atoms with Crippen molar-refractivity contribution < 1.29 is 9.84 Å². The van der Waals surface area contributed by atoms with E-state index in [2.05, 4.69) is 20.8 Å². The van der Waals surface area contributed by atoms with Crippen LogP contribution in [0.1, 0.15) is 32.8 Å². The first kappa shape index (κ1) is 14.6. The van der Waals surface area contributed by atoms with Crippen LogP contribution in [0.15, 0.2) is 12.1 Å². The van der Waals surface area contributed by atoms with Crippen molar-refractivity contribution in [3.05, 3.63) is 27.7 Å². The van der Waals surface area contributed by atoms with Crippen molar-refractivity contribution in [2.24, 2.45) is 5.41 Å². The topological polar surface area (TPSA) is 29.5 Å². The monoisotopic (exact) mass is 276 g/mol. The lowest BCUT2D eigenvalue weighted by molar-refractivity contribution is 0.230. The van der Waals surface area contributed by atoms with Crippen molar-refractivity contribution in [1.29, 1.82) is 0 Å². The third kappa shape index (κ3) is 4.74. The van der Waals surface area contributed by atoms with Gasteiger partial charge in [-0.05, 0) is 24.0 Å². The van der Waals surface area contributed by atoms with E-state index in [-0.39, 0.29) is 12.0 Å². The molecule has 17 heavy (non-hydrogen) atoms. The Labute approximate surface area is 113 Å². The molecule has 0 saturated heterocycles. The lowest BCUT2D eigenvalue weighted by atomic mass is 9.93. The van der Waals surface area contributed by atoms with E-state index in [1.165, 1.54) is 0 Å². The highest BCUT2D eigenvalue weighted by atomic mass is 35.5. The molecule has 0 saturated carbocycles. The maximum absolute atomic E-state index is 9.23. The fourth-order valence-corrected chi connectivity index (χ4v) is 1.94. The maximum Gasteiger partial charge on any atom is 0.143 e. The molecular formula is C13H18Cl2O2. The molecule has 0 unspecified atom stereocenters. The number of halogens is 2. The first-order valence-electron chi connectivity index (χ1n) is 5.55. The van der Waals surface area contributed by atoms with E-state index in [1.54, 1.807) is 12.1 Å². The molecule has 0 aromatic heterocycles. The summed E-state index contributed by atoms with van der Waals surface area (Å²) in [7, 11) is 0. The van der Waals surface area contributed by atoms with Gasteiger partial charge in [0.25, 0.3) is 0 Å². The third-order valence-electron chi connectivity index (χ3n) is 2.35. The van der Waals surface area contributed by atoms with E-state index in [4.69, 9.17) is 27.9 Å². The van der Waals surface area contributed by atoms with Gasteiger partial charge in [-0.2, -0.15) is 0 Å². The molecule has 1 rings (SSSR count). The van der Waals surface area contributed by atoms with Crippen molar-refractivity contribution in [3.63, 3.8) is 0 Å². The normalized spacial score (nSPS) is 11.6. The molecule has 0 radical (unpaired) electrons. The molecule has 0 aliphatic rings. The molecule has 1 aromatic rings. The second kappa shape index (κ2) is 5.94. The van der Waals surface area contributed by atoms with Gasteiger partial charge < -0.3 is 9.84 Å². The quantitative estimate of drug-likeness (QED) is 0.889. The number of hydrogen-bond acceptors (Lipinski definition) is 2. The van der Waals surface area contributed by atoms with Crippen molar-refractivity contribution in [1.82, 2.24) is 0 Å². The van der Waals surface area contributed by atoms with Crippen molar-refractivity contribution in [3.8, 4) is 5.75 Å². The van der Waals surface area contributed by atoms with Gasteiger partial charge in [-0.25, -0.2) is 0 Å². The van der Waals surface area contributed by atoms with Crippen LogP contribution in [-0.4, -0.2) is 11.7 Å². The Bertz CT molecular complexity index is 384. The fourth-order valence-electron chi connectivity index (χ4n) is 1.35. The van der Waals surface area contributed by atoms with Crippen LogP contribution in [0.25, 0.3) is 0 Å². The number of aliphatic hydroxyl groups excluding tert-OH is 1. The molecule has 0 aliphatic carbocycles. The summed E-state index contributed by atoms with van der Waals surface area (Å²) in [5, 5.41) is 10.2. The van der Waals surface area contributed by atoms with E-state index >= 15 is 0 Å². The number of rotatable bonds is 4. The van der Waals surface area contributed by atoms with Gasteiger partial charge in [0, 0.05) is 10.6 Å². The van der Waals surface area contributed by atoms with Gasteiger partial charge in [0.05, 0.1) is 18.2 Å². The highest BCUT2D eigenvalue weighted by Crippen LogP contribution is 2.33. The summed E-state index contributed by atoms with van der Waals surface area (Å²) in [5.74, 6) is 0.530. The largest absolute Gasteiger partial charge is 0.492 e. The summed E-state index contributed by atoms with van der Waals surface area (Å²) in [5.41, 5.74) is 0.828. The van der Waals surface area contributed by atoms with Gasteiger partial charge in [-0.1, -0.05) is 44.0 Å². The second-order valence-corrected chi connectivity index (χ2v) is 6.04. The molecule has 2 nitrogen and oxygen atoms in total. The molecule has 0 bridgehead atoms. The lowest BCUT2D eigenvalue weighted by Crippen LogP contribution is -2.12. The minimum Gasteiger partial charge on any atom is -0.492 e. The highest BCUT2D eigenvalue weighted by Gasteiger charge is 2.13. The summed E-state index contributed by atoms with van der Waals surface area (Å²) in [6, 6.07) is 3.29. The number of aliphatic hydroxyl groups is 1. The Morgan fingerprint density at radius 2 is 1.88 bits per heavy atom. The second-order valence-electron chi connectivity index (χ2n) is 5.19. The number of benzene rings is 1. The van der Waals surface area contributed by atoms with Gasteiger partial charge in [-0.3, -0.25) is 0 Å². The molecule has 0 spiro atoms. The first-order chi connectivity index (χ1) is 7.83. The van der Waals surface area contributed by atoms with Crippen LogP contribution in [0.2, 0.25) is 10.0 Å². The Morgan fingerprint density at radius 1 is 1.24 bits per heavy atom. The zero-order valence-electron chi connectivity index (χ0n) is 10.4. The van der Waals surface area contributed by atoms with Crippen molar-refractivity contribution >= 4 is 23.2 Å². The van der Waals surface area contributed by atoms with Crippen molar-refractivity contribution in [2.75, 3.05) is 6.61 Å². The first-order valence-corrected chi connectivity index (χ1v) is 6.30. The Balaban J connectivity index is 2.76. The Kier molecular flexibility index (Phi) is 5.11. The number of ether oxygens (including phenoxy) is 1. The predicted molar refractivity (Wildman–Crippen MR) is 72.0 cm³/mol. The lowest BCUT2D eigenvalue weighted by Gasteiger charge is -2.19. The minimum atomic E-state index is -0.134. The Morgan fingerprint density at radius 3 is 2.41 bits per heavy atom. The van der Waals surface area contributed by atoms with Crippen LogP contribution in [0, 0.1) is 5.41 Å². The van der Waals surface area contributed by atoms with Gasteiger partial charge in [0.2, 0.25) is 0 Å². The molecule has 0 amide bonds. The molecule has 0 heterocycles. The maximum atomic E-state index is 9.23. The summed E-state index contributed by atoms with van der Waals surface area (Å²) in [4.78, 5) is 0. The van der Waals surface area contributed by atoms with E-state index in [0.717, 1.165) is 6.42 Å². The highest BCUT2D eigenvalue weighted by molar-refractivity contribution is 6.35. The van der Waals surface area contributed by atoms with Crippen LogP contribution >= 0.6 is 23.2 Å². The van der Waals surface area contributed by atoms with E-state index in [0.29, 0.717) is 28.0 Å². The van der Waals surface area contributed by atoms with Gasteiger partial charge in [0.1, 0.15) is 5.75 Å². The molecule has 1 aromatic carbocycles. The van der Waals surface area contributed by atoms with Gasteiger partial charge in [-0.15, -0.1) is 0 Å². The SMILES string of the molecule is CC(C)(C)CCOc1c(Cl)cc(Cl)cc1CO. The Hall–Kier alpha value is -0.440. The van der Waals surface area contributed by atoms with Crippen LogP contribution < -0.4 is 4.74 Å². The van der Waals surface area contributed by atoms with Gasteiger partial charge >= 0.3 is 0 Å². The molecular weight excluding hydrogens is 259 g/mol. The predicted octanol–water partition coefficient (Wildman–Crippen LogP) is 4.30. The zero-order valence-corrected chi connectivity index (χ0v) is 11.9. The van der Waals surface area contributed by atoms with Gasteiger partial charge in [0.15, 0.2) is 0 Å². The van der Waals surface area contributed by atoms with E-state index in [1.807, 2.05) is 0 Å². The summed E-state index contributed by atoms with van der Waals surface area (Å²) in [6.45, 7) is 6.87. The van der Waals surface area contributed by atoms with Crippen LogP contribution in [0.4, 0.5) is 0 Å². The molecule has 96 valence electrons. The molecule has 0 aliphatic heterocycles. The molecule has 0 fully saturated rings.